The smallest absolute Gasteiger partial charge is 0.253 e. The van der Waals surface area contributed by atoms with Crippen molar-refractivity contribution in [3.05, 3.63) is 65.7 Å². The van der Waals surface area contributed by atoms with E-state index in [-0.39, 0.29) is 11.7 Å². The van der Waals surface area contributed by atoms with Gasteiger partial charge in [0, 0.05) is 31.5 Å². The number of nitrogens with zero attached hydrogens (tertiary/aromatic N) is 1. The maximum Gasteiger partial charge on any atom is 0.253 e. The van der Waals surface area contributed by atoms with Crippen molar-refractivity contribution in [3.63, 3.8) is 0 Å². The fourth-order valence-corrected chi connectivity index (χ4v) is 2.57. The van der Waals surface area contributed by atoms with E-state index in [9.17, 15) is 9.59 Å². The molecule has 2 aromatic carbocycles. The highest BCUT2D eigenvalue weighted by Crippen LogP contribution is 2.14. The van der Waals surface area contributed by atoms with Crippen LogP contribution in [0.15, 0.2) is 54.6 Å². The summed E-state index contributed by atoms with van der Waals surface area (Å²) < 4.78 is 5.69. The molecule has 1 aliphatic heterocycles. The molecule has 23 heavy (non-hydrogen) atoms. The van der Waals surface area contributed by atoms with Crippen LogP contribution in [0.2, 0.25) is 0 Å². The number of ketones is 1. The van der Waals surface area contributed by atoms with E-state index in [0.717, 1.165) is 11.3 Å². The van der Waals surface area contributed by atoms with Crippen LogP contribution in [0, 0.1) is 0 Å². The third kappa shape index (κ3) is 3.97. The number of ether oxygens (including phenoxy) is 1. The Balaban J connectivity index is 1.58. The number of Topliss-reactive ketones (excluding diaryl/α,β-unsaturated/α-hetero) is 1. The molecule has 118 valence electrons. The van der Waals surface area contributed by atoms with E-state index in [2.05, 4.69) is 0 Å². The standard InChI is InChI=1S/C19H19NO3/c21-17-10-12-20(13-11-17)19(22)16-8-6-15(7-9-16)14-23-18-4-2-1-3-5-18/h1-9H,10-14H2. The van der Waals surface area contributed by atoms with Gasteiger partial charge in [-0.1, -0.05) is 30.3 Å². The molecule has 0 spiro atoms. The SMILES string of the molecule is O=C1CCN(C(=O)c2ccc(COc3ccccc3)cc2)CC1. The molecule has 0 N–H and O–H groups in total. The number of hydrogen-bond acceptors (Lipinski definition) is 3. The fourth-order valence-electron chi connectivity index (χ4n) is 2.57. The van der Waals surface area contributed by atoms with Crippen LogP contribution in [0.3, 0.4) is 0 Å². The molecule has 0 unspecified atom stereocenters. The lowest BCUT2D eigenvalue weighted by molar-refractivity contribution is -0.120. The largest absolute Gasteiger partial charge is 0.489 e. The first-order valence-corrected chi connectivity index (χ1v) is 7.80. The van der Waals surface area contributed by atoms with Crippen molar-refractivity contribution >= 4 is 11.7 Å². The summed E-state index contributed by atoms with van der Waals surface area (Å²) >= 11 is 0. The molecule has 0 radical (unpaired) electrons. The van der Waals surface area contributed by atoms with Gasteiger partial charge in [-0.15, -0.1) is 0 Å². The summed E-state index contributed by atoms with van der Waals surface area (Å²) in [6.45, 7) is 1.52. The summed E-state index contributed by atoms with van der Waals surface area (Å²) in [6, 6.07) is 17.1. The second-order valence-electron chi connectivity index (χ2n) is 5.63. The van der Waals surface area contributed by atoms with Crippen molar-refractivity contribution in [3.8, 4) is 5.75 Å². The molecule has 1 saturated heterocycles. The molecule has 0 bridgehead atoms. The monoisotopic (exact) mass is 309 g/mol. The molecule has 3 rings (SSSR count). The summed E-state index contributed by atoms with van der Waals surface area (Å²) in [7, 11) is 0. The first-order chi connectivity index (χ1) is 11.2. The molecule has 0 atom stereocenters. The molecule has 4 heteroatoms. The zero-order valence-electron chi connectivity index (χ0n) is 12.9. The Hall–Kier alpha value is -2.62. The Morgan fingerprint density at radius 2 is 1.61 bits per heavy atom. The van der Waals surface area contributed by atoms with Gasteiger partial charge in [0.2, 0.25) is 0 Å². The van der Waals surface area contributed by atoms with Crippen LogP contribution in [0.1, 0.15) is 28.8 Å². The van der Waals surface area contributed by atoms with Gasteiger partial charge >= 0.3 is 0 Å². The van der Waals surface area contributed by atoms with E-state index in [1.54, 1.807) is 4.90 Å². The lowest BCUT2D eigenvalue weighted by Crippen LogP contribution is -2.38. The fraction of sp³-hybridized carbons (Fsp3) is 0.263. The number of para-hydroxylation sites is 1. The van der Waals surface area contributed by atoms with Crippen LogP contribution in [-0.2, 0) is 11.4 Å². The summed E-state index contributed by atoms with van der Waals surface area (Å²) in [5.74, 6) is 1.06. The minimum atomic E-state index is -0.00646. The molecule has 0 aliphatic carbocycles. The summed E-state index contributed by atoms with van der Waals surface area (Å²) in [4.78, 5) is 25.4. The van der Waals surface area contributed by atoms with E-state index in [4.69, 9.17) is 4.74 Å². The topological polar surface area (TPSA) is 46.6 Å². The molecule has 2 aromatic rings. The van der Waals surface area contributed by atoms with Crippen molar-refractivity contribution < 1.29 is 14.3 Å². The van der Waals surface area contributed by atoms with E-state index in [0.29, 0.717) is 38.1 Å². The van der Waals surface area contributed by atoms with Crippen molar-refractivity contribution in [2.45, 2.75) is 19.4 Å². The molecule has 1 aliphatic rings. The summed E-state index contributed by atoms with van der Waals surface area (Å²) in [6.07, 6.45) is 0.934. The number of rotatable bonds is 4. The van der Waals surface area contributed by atoms with Gasteiger partial charge in [-0.05, 0) is 29.8 Å². The summed E-state index contributed by atoms with van der Waals surface area (Å²) in [5, 5.41) is 0. The van der Waals surface area contributed by atoms with Crippen molar-refractivity contribution in [2.75, 3.05) is 13.1 Å². The van der Waals surface area contributed by atoms with Crippen LogP contribution in [0.25, 0.3) is 0 Å². The van der Waals surface area contributed by atoms with Gasteiger partial charge in [-0.3, -0.25) is 9.59 Å². The van der Waals surface area contributed by atoms with E-state index < -0.39 is 0 Å². The Morgan fingerprint density at radius 1 is 0.957 bits per heavy atom. The minimum absolute atomic E-state index is 0.00646. The van der Waals surface area contributed by atoms with Gasteiger partial charge in [0.25, 0.3) is 5.91 Å². The van der Waals surface area contributed by atoms with Crippen LogP contribution in [-0.4, -0.2) is 29.7 Å². The van der Waals surface area contributed by atoms with E-state index in [1.807, 2.05) is 54.6 Å². The second kappa shape index (κ2) is 7.09. The predicted octanol–water partition coefficient (Wildman–Crippen LogP) is 3.07. The van der Waals surface area contributed by atoms with Gasteiger partial charge in [0.1, 0.15) is 18.1 Å². The lowest BCUT2D eigenvalue weighted by atomic mass is 10.1. The molecule has 4 nitrogen and oxygen atoms in total. The molecule has 1 heterocycles. The number of carbonyl (C=O) groups excluding carboxylic acids is 2. The Bertz CT molecular complexity index is 670. The molecule has 0 saturated carbocycles. The number of piperidine rings is 1. The number of benzene rings is 2. The van der Waals surface area contributed by atoms with E-state index in [1.165, 1.54) is 0 Å². The minimum Gasteiger partial charge on any atom is -0.489 e. The van der Waals surface area contributed by atoms with Gasteiger partial charge in [-0.25, -0.2) is 0 Å². The van der Waals surface area contributed by atoms with E-state index >= 15 is 0 Å². The van der Waals surface area contributed by atoms with Gasteiger partial charge in [0.05, 0.1) is 0 Å². The average Bonchev–Trinajstić information content (AvgIpc) is 2.61. The highest BCUT2D eigenvalue weighted by molar-refractivity contribution is 5.95. The second-order valence-corrected chi connectivity index (χ2v) is 5.63. The average molecular weight is 309 g/mol. The molecule has 1 amide bonds. The Morgan fingerprint density at radius 3 is 2.26 bits per heavy atom. The zero-order chi connectivity index (χ0) is 16.1. The Kier molecular flexibility index (Phi) is 4.71. The maximum atomic E-state index is 12.4. The molecular weight excluding hydrogens is 290 g/mol. The maximum absolute atomic E-state index is 12.4. The zero-order valence-corrected chi connectivity index (χ0v) is 12.9. The van der Waals surface area contributed by atoms with Crippen LogP contribution in [0.5, 0.6) is 5.75 Å². The number of hydrogen-bond donors (Lipinski definition) is 0. The lowest BCUT2D eigenvalue weighted by Gasteiger charge is -2.26. The predicted molar refractivity (Wildman–Crippen MR) is 87.4 cm³/mol. The van der Waals surface area contributed by atoms with Gasteiger partial charge in [-0.2, -0.15) is 0 Å². The highest BCUT2D eigenvalue weighted by Gasteiger charge is 2.21. The van der Waals surface area contributed by atoms with Gasteiger partial charge < -0.3 is 9.64 Å². The van der Waals surface area contributed by atoms with Crippen molar-refractivity contribution in [1.29, 1.82) is 0 Å². The first kappa shape index (κ1) is 15.3. The van der Waals surface area contributed by atoms with Crippen LogP contribution in [0.4, 0.5) is 0 Å². The molecular formula is C19H19NO3. The van der Waals surface area contributed by atoms with Gasteiger partial charge in [0.15, 0.2) is 0 Å². The van der Waals surface area contributed by atoms with Crippen LogP contribution >= 0.6 is 0 Å². The first-order valence-electron chi connectivity index (χ1n) is 7.80. The Labute approximate surface area is 135 Å². The third-order valence-electron chi connectivity index (χ3n) is 3.96. The van der Waals surface area contributed by atoms with Crippen LogP contribution < -0.4 is 4.74 Å². The van der Waals surface area contributed by atoms with Crippen molar-refractivity contribution in [1.82, 2.24) is 4.90 Å². The molecule has 1 fully saturated rings. The summed E-state index contributed by atoms with van der Waals surface area (Å²) in [5.41, 5.74) is 1.67. The number of carbonyl (C=O) groups is 2. The molecule has 0 aromatic heterocycles. The van der Waals surface area contributed by atoms with Crippen molar-refractivity contribution in [2.24, 2.45) is 0 Å². The normalized spacial score (nSPS) is 14.6. The highest BCUT2D eigenvalue weighted by atomic mass is 16.5. The third-order valence-corrected chi connectivity index (χ3v) is 3.96. The number of amides is 1. The quantitative estimate of drug-likeness (QED) is 0.872. The number of likely N-dealkylation sites (tertiary alicyclic amines) is 1.